The van der Waals surface area contributed by atoms with Gasteiger partial charge in [0, 0.05) is 16.7 Å². The van der Waals surface area contributed by atoms with Gasteiger partial charge in [-0.2, -0.15) is 0 Å². The van der Waals surface area contributed by atoms with Gasteiger partial charge in [-0.05, 0) is 31.4 Å². The molecule has 1 atom stereocenters. The molecule has 1 saturated carbocycles. The van der Waals surface area contributed by atoms with Crippen molar-refractivity contribution in [3.8, 4) is 10.4 Å². The maximum absolute atomic E-state index is 12.2. The van der Waals surface area contributed by atoms with E-state index in [9.17, 15) is 4.79 Å². The second kappa shape index (κ2) is 6.65. The van der Waals surface area contributed by atoms with Crippen LogP contribution in [0.4, 0.5) is 0 Å². The van der Waals surface area contributed by atoms with E-state index < -0.39 is 0 Å². The molecule has 122 valence electrons. The highest BCUT2D eigenvalue weighted by atomic mass is 32.2. The smallest absolute Gasteiger partial charge is 0.146 e. The van der Waals surface area contributed by atoms with Crippen LogP contribution in [-0.4, -0.2) is 21.0 Å². The third kappa shape index (κ3) is 3.10. The summed E-state index contributed by atoms with van der Waals surface area (Å²) in [6.45, 7) is 1.92. The average molecular weight is 354 g/mol. The zero-order chi connectivity index (χ0) is 16.5. The molecule has 3 aromatic rings. The molecule has 2 aromatic heterocycles. The van der Waals surface area contributed by atoms with Crippen molar-refractivity contribution < 1.29 is 4.79 Å². The Morgan fingerprint density at radius 2 is 2.00 bits per heavy atom. The van der Waals surface area contributed by atoms with E-state index in [1.807, 2.05) is 25.1 Å². The van der Waals surface area contributed by atoms with Gasteiger partial charge < -0.3 is 0 Å². The summed E-state index contributed by atoms with van der Waals surface area (Å²) in [7, 11) is 0. The van der Waals surface area contributed by atoms with Crippen LogP contribution in [0.5, 0.6) is 0 Å². The van der Waals surface area contributed by atoms with E-state index in [0.29, 0.717) is 12.2 Å². The Morgan fingerprint density at radius 3 is 2.79 bits per heavy atom. The number of rotatable bonds is 3. The number of thioether (sulfide) groups is 1. The first kappa shape index (κ1) is 15.8. The van der Waals surface area contributed by atoms with Gasteiger partial charge in [0.05, 0.1) is 5.25 Å². The lowest BCUT2D eigenvalue weighted by molar-refractivity contribution is -0.119. The van der Waals surface area contributed by atoms with Crippen molar-refractivity contribution in [3.63, 3.8) is 0 Å². The quantitative estimate of drug-likeness (QED) is 0.601. The van der Waals surface area contributed by atoms with E-state index in [0.717, 1.165) is 40.3 Å². The Labute approximate surface area is 149 Å². The van der Waals surface area contributed by atoms with Crippen LogP contribution < -0.4 is 0 Å². The maximum Gasteiger partial charge on any atom is 0.146 e. The number of nitrogens with zero attached hydrogens (tertiary/aromatic N) is 2. The van der Waals surface area contributed by atoms with E-state index in [2.05, 4.69) is 28.2 Å². The SMILES string of the molecule is Cc1nc(S[C@@H]2CCCCC2=O)c2cc(-c3ccccc3)sc2n1. The van der Waals surface area contributed by atoms with Gasteiger partial charge in [0.15, 0.2) is 0 Å². The lowest BCUT2D eigenvalue weighted by atomic mass is 9.99. The fourth-order valence-corrected chi connectivity index (χ4v) is 5.46. The first-order chi connectivity index (χ1) is 11.7. The molecule has 1 fully saturated rings. The second-order valence-electron chi connectivity index (χ2n) is 6.09. The third-order valence-corrected chi connectivity index (χ3v) is 6.68. The molecule has 2 heterocycles. The molecule has 5 heteroatoms. The number of hydrogen-bond donors (Lipinski definition) is 0. The van der Waals surface area contributed by atoms with Gasteiger partial charge in [-0.15, -0.1) is 11.3 Å². The van der Waals surface area contributed by atoms with Crippen molar-refractivity contribution in [3.05, 3.63) is 42.2 Å². The van der Waals surface area contributed by atoms with Gasteiger partial charge in [0.1, 0.15) is 21.5 Å². The minimum absolute atomic E-state index is 0.0522. The molecular formula is C19H18N2OS2. The second-order valence-corrected chi connectivity index (χ2v) is 8.31. The summed E-state index contributed by atoms with van der Waals surface area (Å²) in [5.74, 6) is 1.14. The van der Waals surface area contributed by atoms with E-state index in [1.54, 1.807) is 23.1 Å². The van der Waals surface area contributed by atoms with Crippen molar-refractivity contribution in [2.24, 2.45) is 0 Å². The number of fused-ring (bicyclic) bond motifs is 1. The zero-order valence-electron chi connectivity index (χ0n) is 13.5. The lowest BCUT2D eigenvalue weighted by Crippen LogP contribution is -2.21. The van der Waals surface area contributed by atoms with E-state index in [4.69, 9.17) is 0 Å². The number of carbonyl (C=O) groups is 1. The molecule has 0 radical (unpaired) electrons. The number of Topliss-reactive ketones (excluding diaryl/α,β-unsaturated/α-hetero) is 1. The highest BCUT2D eigenvalue weighted by Gasteiger charge is 2.25. The molecule has 0 bridgehead atoms. The Morgan fingerprint density at radius 1 is 1.17 bits per heavy atom. The van der Waals surface area contributed by atoms with Crippen molar-refractivity contribution in [1.29, 1.82) is 0 Å². The molecule has 0 amide bonds. The third-order valence-electron chi connectivity index (χ3n) is 4.28. The van der Waals surface area contributed by atoms with Crippen LogP contribution in [0.25, 0.3) is 20.7 Å². The van der Waals surface area contributed by atoms with Crippen molar-refractivity contribution in [1.82, 2.24) is 9.97 Å². The number of benzene rings is 1. The molecule has 0 aliphatic heterocycles. The van der Waals surface area contributed by atoms with Gasteiger partial charge >= 0.3 is 0 Å². The number of ketones is 1. The summed E-state index contributed by atoms with van der Waals surface area (Å²) < 4.78 is 0. The van der Waals surface area contributed by atoms with Gasteiger partial charge in [-0.25, -0.2) is 9.97 Å². The van der Waals surface area contributed by atoms with E-state index in [-0.39, 0.29) is 5.25 Å². The van der Waals surface area contributed by atoms with Crippen LogP contribution >= 0.6 is 23.1 Å². The van der Waals surface area contributed by atoms with Crippen LogP contribution in [-0.2, 0) is 4.79 Å². The minimum atomic E-state index is 0.0522. The van der Waals surface area contributed by atoms with Crippen LogP contribution in [0.3, 0.4) is 0 Å². The maximum atomic E-state index is 12.2. The van der Waals surface area contributed by atoms with Gasteiger partial charge in [0.2, 0.25) is 0 Å². The summed E-state index contributed by atoms with van der Waals surface area (Å²) in [4.78, 5) is 23.6. The fraction of sp³-hybridized carbons (Fsp3) is 0.316. The first-order valence-electron chi connectivity index (χ1n) is 8.24. The van der Waals surface area contributed by atoms with Crippen LogP contribution in [0, 0.1) is 6.92 Å². The zero-order valence-corrected chi connectivity index (χ0v) is 15.1. The van der Waals surface area contributed by atoms with E-state index in [1.165, 1.54) is 10.4 Å². The summed E-state index contributed by atoms with van der Waals surface area (Å²) >= 11 is 3.32. The Balaban J connectivity index is 1.74. The van der Waals surface area contributed by atoms with Crippen LogP contribution in [0.2, 0.25) is 0 Å². The minimum Gasteiger partial charge on any atom is -0.298 e. The molecule has 0 unspecified atom stereocenters. The standard InChI is InChI=1S/C19H18N2OS2/c1-12-20-18(23-16-10-6-5-9-15(16)22)14-11-17(24-19(14)21-12)13-7-3-2-4-8-13/h2-4,7-8,11,16H,5-6,9-10H2,1H3/t16-/m1/s1. The Bertz CT molecular complexity index is 889. The van der Waals surface area contributed by atoms with Gasteiger partial charge in [-0.1, -0.05) is 48.5 Å². The molecule has 1 aliphatic carbocycles. The monoisotopic (exact) mass is 354 g/mol. The number of hydrogen-bond acceptors (Lipinski definition) is 5. The number of thiophene rings is 1. The fourth-order valence-electron chi connectivity index (χ4n) is 3.04. The van der Waals surface area contributed by atoms with E-state index >= 15 is 0 Å². The van der Waals surface area contributed by atoms with Crippen molar-refractivity contribution >= 4 is 39.1 Å². The molecular weight excluding hydrogens is 336 g/mol. The lowest BCUT2D eigenvalue weighted by Gasteiger charge is -2.19. The normalized spacial score (nSPS) is 18.2. The molecule has 1 aliphatic rings. The highest BCUT2D eigenvalue weighted by molar-refractivity contribution is 8.00. The number of aromatic nitrogens is 2. The topological polar surface area (TPSA) is 42.9 Å². The van der Waals surface area contributed by atoms with Crippen molar-refractivity contribution in [2.75, 3.05) is 0 Å². The highest BCUT2D eigenvalue weighted by Crippen LogP contribution is 2.39. The summed E-state index contributed by atoms with van der Waals surface area (Å²) in [6.07, 6.45) is 3.84. The first-order valence-corrected chi connectivity index (χ1v) is 9.93. The summed E-state index contributed by atoms with van der Waals surface area (Å²) in [6, 6.07) is 12.5. The predicted molar refractivity (Wildman–Crippen MR) is 101 cm³/mol. The van der Waals surface area contributed by atoms with Gasteiger partial charge in [0.25, 0.3) is 0 Å². The predicted octanol–water partition coefficient (Wildman–Crippen LogP) is 5.27. The summed E-state index contributed by atoms with van der Waals surface area (Å²) in [5, 5.41) is 2.08. The molecule has 4 rings (SSSR count). The molecule has 0 spiro atoms. The molecule has 0 N–H and O–H groups in total. The number of carbonyl (C=O) groups excluding carboxylic acids is 1. The molecule has 1 aromatic carbocycles. The Kier molecular flexibility index (Phi) is 4.37. The van der Waals surface area contributed by atoms with Crippen LogP contribution in [0.1, 0.15) is 31.5 Å². The largest absolute Gasteiger partial charge is 0.298 e. The van der Waals surface area contributed by atoms with Gasteiger partial charge in [-0.3, -0.25) is 4.79 Å². The summed E-state index contributed by atoms with van der Waals surface area (Å²) in [5.41, 5.74) is 1.20. The molecule has 0 saturated heterocycles. The van der Waals surface area contributed by atoms with Crippen LogP contribution in [0.15, 0.2) is 41.4 Å². The molecule has 3 nitrogen and oxygen atoms in total. The average Bonchev–Trinajstić information content (AvgIpc) is 3.02. The number of aryl methyl sites for hydroxylation is 1. The Hall–Kier alpha value is -1.72. The van der Waals surface area contributed by atoms with Crippen molar-refractivity contribution in [2.45, 2.75) is 42.9 Å². The molecule has 24 heavy (non-hydrogen) atoms.